The lowest BCUT2D eigenvalue weighted by Gasteiger charge is -2.32. The summed E-state index contributed by atoms with van der Waals surface area (Å²) in [6.45, 7) is 3.22. The Morgan fingerprint density at radius 1 is 1.03 bits per heavy atom. The molecule has 2 heterocycles. The van der Waals surface area contributed by atoms with Gasteiger partial charge in [-0.25, -0.2) is 4.98 Å². The Kier molecular flexibility index (Phi) is 6.69. The molecule has 3 N–H and O–H groups in total. The van der Waals surface area contributed by atoms with Gasteiger partial charge in [0.05, 0.1) is 11.3 Å². The predicted octanol–water partition coefficient (Wildman–Crippen LogP) is 3.74. The van der Waals surface area contributed by atoms with E-state index in [1.54, 1.807) is 36.4 Å². The Bertz CT molecular complexity index is 1160. The number of benzene rings is 2. The largest absolute Gasteiger partial charge is 0.416 e. The quantitative estimate of drug-likeness (QED) is 0.591. The Labute approximate surface area is 195 Å². The number of carbonyl (C=O) groups excluding carboxylic acids is 1. The van der Waals surface area contributed by atoms with Crippen LogP contribution in [0.1, 0.15) is 21.5 Å². The van der Waals surface area contributed by atoms with E-state index in [1.165, 1.54) is 6.07 Å². The molecular formula is C24H25F3N6O. The lowest BCUT2D eigenvalue weighted by atomic mass is 10.1. The minimum Gasteiger partial charge on any atom is -0.368 e. The number of nitrogen functional groups attached to an aromatic ring is 1. The number of hydrogen-bond donors (Lipinski definition) is 2. The highest BCUT2D eigenvalue weighted by atomic mass is 19.4. The van der Waals surface area contributed by atoms with Crippen LogP contribution in [0.5, 0.6) is 0 Å². The number of nitrogens with zero attached hydrogens (tertiary/aromatic N) is 4. The Morgan fingerprint density at radius 2 is 1.74 bits per heavy atom. The molecule has 4 rings (SSSR count). The molecule has 0 radical (unpaired) electrons. The molecule has 0 aliphatic carbocycles. The minimum atomic E-state index is -4.40. The number of anilines is 2. The van der Waals surface area contributed by atoms with Gasteiger partial charge in [-0.1, -0.05) is 24.3 Å². The first-order valence-electron chi connectivity index (χ1n) is 10.8. The van der Waals surface area contributed by atoms with Crippen molar-refractivity contribution in [2.24, 2.45) is 0 Å². The smallest absolute Gasteiger partial charge is 0.368 e. The molecule has 1 fully saturated rings. The zero-order valence-electron chi connectivity index (χ0n) is 18.6. The molecule has 1 saturated heterocycles. The molecule has 0 saturated carbocycles. The number of alkyl halides is 3. The number of nitrogens with two attached hydrogens (primary N) is 1. The normalized spacial score (nSPS) is 14.8. The molecule has 1 aliphatic rings. The number of rotatable bonds is 5. The molecule has 2 aromatic carbocycles. The van der Waals surface area contributed by atoms with Gasteiger partial charge in [0.2, 0.25) is 5.95 Å². The molecule has 0 atom stereocenters. The van der Waals surface area contributed by atoms with E-state index >= 15 is 0 Å². The summed E-state index contributed by atoms with van der Waals surface area (Å²) in [5, 5.41) is 3.00. The lowest BCUT2D eigenvalue weighted by Crippen LogP contribution is -2.47. The average Bonchev–Trinajstić information content (AvgIpc) is 2.82. The summed E-state index contributed by atoms with van der Waals surface area (Å²) in [6, 6.07) is 13.9. The summed E-state index contributed by atoms with van der Waals surface area (Å²) in [7, 11) is 2.03. The maximum atomic E-state index is 12.9. The summed E-state index contributed by atoms with van der Waals surface area (Å²) in [5.74, 6) is 0.407. The number of amides is 1. The Balaban J connectivity index is 1.46. The first kappa shape index (κ1) is 23.5. The SMILES string of the molecule is CN1CCN(C(=O)c2ccc(-c3cc(NCc4cccc(C(F)(F)F)c4)nc(N)n3)cc2)CC1. The molecular weight excluding hydrogens is 445 g/mol. The Hall–Kier alpha value is -3.66. The van der Waals surface area contributed by atoms with Gasteiger partial charge in [-0.15, -0.1) is 0 Å². The third-order valence-corrected chi connectivity index (χ3v) is 5.69. The zero-order valence-corrected chi connectivity index (χ0v) is 18.6. The zero-order chi connectivity index (χ0) is 24.3. The van der Waals surface area contributed by atoms with Crippen molar-refractivity contribution in [1.29, 1.82) is 0 Å². The fourth-order valence-electron chi connectivity index (χ4n) is 3.73. The van der Waals surface area contributed by atoms with Crippen LogP contribution in [0.3, 0.4) is 0 Å². The third kappa shape index (κ3) is 5.63. The van der Waals surface area contributed by atoms with Crippen LogP contribution in [0.25, 0.3) is 11.3 Å². The maximum Gasteiger partial charge on any atom is 0.416 e. The van der Waals surface area contributed by atoms with Gasteiger partial charge >= 0.3 is 6.18 Å². The van der Waals surface area contributed by atoms with E-state index < -0.39 is 11.7 Å². The highest BCUT2D eigenvalue weighted by molar-refractivity contribution is 5.94. The van der Waals surface area contributed by atoms with E-state index in [1.807, 2.05) is 11.9 Å². The summed E-state index contributed by atoms with van der Waals surface area (Å²) >= 11 is 0. The second-order valence-electron chi connectivity index (χ2n) is 8.22. The maximum absolute atomic E-state index is 12.9. The first-order valence-corrected chi connectivity index (χ1v) is 10.8. The van der Waals surface area contributed by atoms with Crippen molar-refractivity contribution in [3.63, 3.8) is 0 Å². The van der Waals surface area contributed by atoms with Gasteiger partial charge in [0, 0.05) is 49.9 Å². The number of nitrogens with one attached hydrogen (secondary N) is 1. The molecule has 10 heteroatoms. The van der Waals surface area contributed by atoms with E-state index in [0.29, 0.717) is 35.7 Å². The van der Waals surface area contributed by atoms with Gasteiger partial charge in [-0.05, 0) is 36.9 Å². The topological polar surface area (TPSA) is 87.4 Å². The predicted molar refractivity (Wildman–Crippen MR) is 124 cm³/mol. The van der Waals surface area contributed by atoms with E-state index in [9.17, 15) is 18.0 Å². The molecule has 34 heavy (non-hydrogen) atoms. The van der Waals surface area contributed by atoms with Crippen LogP contribution in [0.2, 0.25) is 0 Å². The summed E-state index contributed by atoms with van der Waals surface area (Å²) < 4.78 is 38.8. The van der Waals surface area contributed by atoms with Crippen molar-refractivity contribution < 1.29 is 18.0 Å². The molecule has 178 valence electrons. The fourth-order valence-corrected chi connectivity index (χ4v) is 3.73. The summed E-state index contributed by atoms with van der Waals surface area (Å²) in [5.41, 5.74) is 7.49. The minimum absolute atomic E-state index is 0.00899. The number of hydrogen-bond acceptors (Lipinski definition) is 6. The van der Waals surface area contributed by atoms with Gasteiger partial charge in [-0.3, -0.25) is 4.79 Å². The molecule has 3 aromatic rings. The van der Waals surface area contributed by atoms with Gasteiger partial charge in [0.1, 0.15) is 5.82 Å². The number of halogens is 3. The summed E-state index contributed by atoms with van der Waals surface area (Å²) in [6.07, 6.45) is -4.40. The fraction of sp³-hybridized carbons (Fsp3) is 0.292. The van der Waals surface area contributed by atoms with Crippen molar-refractivity contribution >= 4 is 17.7 Å². The number of likely N-dealkylation sites (N-methyl/N-ethyl adjacent to an activating group) is 1. The van der Waals surface area contributed by atoms with Gasteiger partial charge in [0.15, 0.2) is 0 Å². The molecule has 7 nitrogen and oxygen atoms in total. The molecule has 1 aliphatic heterocycles. The van der Waals surface area contributed by atoms with Crippen LogP contribution in [-0.2, 0) is 12.7 Å². The van der Waals surface area contributed by atoms with Crippen molar-refractivity contribution in [2.45, 2.75) is 12.7 Å². The highest BCUT2D eigenvalue weighted by Crippen LogP contribution is 2.30. The highest BCUT2D eigenvalue weighted by Gasteiger charge is 2.30. The Morgan fingerprint density at radius 3 is 2.41 bits per heavy atom. The molecule has 1 aromatic heterocycles. The number of carbonyl (C=O) groups is 1. The van der Waals surface area contributed by atoms with Crippen molar-refractivity contribution in [1.82, 2.24) is 19.8 Å². The van der Waals surface area contributed by atoms with Crippen molar-refractivity contribution in [3.05, 3.63) is 71.3 Å². The number of piperazine rings is 1. The van der Waals surface area contributed by atoms with E-state index in [-0.39, 0.29) is 18.4 Å². The van der Waals surface area contributed by atoms with Crippen molar-refractivity contribution in [3.8, 4) is 11.3 Å². The molecule has 0 bridgehead atoms. The van der Waals surface area contributed by atoms with Crippen LogP contribution in [0.15, 0.2) is 54.6 Å². The van der Waals surface area contributed by atoms with Crippen LogP contribution >= 0.6 is 0 Å². The van der Waals surface area contributed by atoms with Crippen molar-refractivity contribution in [2.75, 3.05) is 44.3 Å². The molecule has 0 unspecified atom stereocenters. The van der Waals surface area contributed by atoms with E-state index in [4.69, 9.17) is 5.73 Å². The second-order valence-corrected chi connectivity index (χ2v) is 8.22. The monoisotopic (exact) mass is 470 g/mol. The van der Waals surface area contributed by atoms with E-state index in [2.05, 4.69) is 20.2 Å². The third-order valence-electron chi connectivity index (χ3n) is 5.69. The molecule has 1 amide bonds. The van der Waals surface area contributed by atoms with Crippen LogP contribution in [-0.4, -0.2) is 58.9 Å². The van der Waals surface area contributed by atoms with Gasteiger partial charge < -0.3 is 20.9 Å². The second kappa shape index (κ2) is 9.68. The summed E-state index contributed by atoms with van der Waals surface area (Å²) in [4.78, 5) is 25.2. The van der Waals surface area contributed by atoms with Gasteiger partial charge in [0.25, 0.3) is 5.91 Å². The lowest BCUT2D eigenvalue weighted by molar-refractivity contribution is -0.137. The van der Waals surface area contributed by atoms with Crippen LogP contribution in [0, 0.1) is 0 Å². The standard InChI is InChI=1S/C24H25F3N6O/c1-32-9-11-33(12-10-32)22(34)18-7-5-17(6-8-18)20-14-21(31-23(28)30-20)29-15-16-3-2-4-19(13-16)24(25,26)27/h2-8,13-14H,9-12,15H2,1H3,(H3,28,29,30,31). The molecule has 0 spiro atoms. The van der Waals surface area contributed by atoms with Crippen LogP contribution < -0.4 is 11.1 Å². The average molecular weight is 470 g/mol. The van der Waals surface area contributed by atoms with E-state index in [0.717, 1.165) is 30.8 Å². The van der Waals surface area contributed by atoms with Gasteiger partial charge in [-0.2, -0.15) is 18.2 Å². The first-order chi connectivity index (χ1) is 16.2. The van der Waals surface area contributed by atoms with Crippen LogP contribution in [0.4, 0.5) is 24.9 Å². The number of aromatic nitrogens is 2.